The lowest BCUT2D eigenvalue weighted by molar-refractivity contribution is -0.153. The van der Waals surface area contributed by atoms with Crippen LogP contribution in [0.15, 0.2) is 30.3 Å². The van der Waals surface area contributed by atoms with Gasteiger partial charge < -0.3 is 14.5 Å². The van der Waals surface area contributed by atoms with Gasteiger partial charge in [-0.05, 0) is 24.8 Å². The van der Waals surface area contributed by atoms with Gasteiger partial charge in [0.05, 0.1) is 18.8 Å². The van der Waals surface area contributed by atoms with E-state index in [9.17, 15) is 9.59 Å². The summed E-state index contributed by atoms with van der Waals surface area (Å²) in [5, 5.41) is 0. The van der Waals surface area contributed by atoms with Crippen LogP contribution < -0.4 is 0 Å². The third-order valence-electron chi connectivity index (χ3n) is 5.40. The number of benzene rings is 1. The van der Waals surface area contributed by atoms with Crippen LogP contribution in [0.4, 0.5) is 0 Å². The van der Waals surface area contributed by atoms with E-state index in [1.165, 1.54) is 25.3 Å². The highest BCUT2D eigenvalue weighted by Crippen LogP contribution is 2.35. The summed E-state index contributed by atoms with van der Waals surface area (Å²) < 4.78 is 5.99. The largest absolute Gasteiger partial charge is 0.371 e. The Kier molecular flexibility index (Phi) is 5.74. The molecule has 1 saturated heterocycles. The number of amides is 2. The quantitative estimate of drug-likeness (QED) is 0.823. The van der Waals surface area contributed by atoms with E-state index in [0.717, 1.165) is 19.3 Å². The van der Waals surface area contributed by atoms with Crippen LogP contribution in [-0.4, -0.2) is 60.0 Å². The van der Waals surface area contributed by atoms with E-state index in [0.29, 0.717) is 26.2 Å². The second kappa shape index (κ2) is 8.00. The average Bonchev–Trinajstić information content (AvgIpc) is 3.06. The minimum Gasteiger partial charge on any atom is -0.371 e. The molecule has 1 heterocycles. The van der Waals surface area contributed by atoms with Crippen molar-refractivity contribution in [2.75, 3.05) is 32.8 Å². The highest BCUT2D eigenvalue weighted by atomic mass is 16.5. The van der Waals surface area contributed by atoms with Crippen LogP contribution in [0, 0.1) is 0 Å². The minimum atomic E-state index is -0.126. The van der Waals surface area contributed by atoms with Gasteiger partial charge in [-0.15, -0.1) is 0 Å². The Hall–Kier alpha value is -1.88. The van der Waals surface area contributed by atoms with E-state index in [-0.39, 0.29) is 24.0 Å². The zero-order valence-corrected chi connectivity index (χ0v) is 15.1. The molecule has 0 N–H and O–H groups in total. The van der Waals surface area contributed by atoms with Gasteiger partial charge >= 0.3 is 0 Å². The molecule has 1 saturated carbocycles. The summed E-state index contributed by atoms with van der Waals surface area (Å²) >= 11 is 0. The highest BCUT2D eigenvalue weighted by Gasteiger charge is 2.40. The smallest absolute Gasteiger partial charge is 0.242 e. The van der Waals surface area contributed by atoms with Gasteiger partial charge in [-0.2, -0.15) is 0 Å². The van der Waals surface area contributed by atoms with Crippen LogP contribution in [0.25, 0.3) is 0 Å². The average molecular weight is 344 g/mol. The predicted molar refractivity (Wildman–Crippen MR) is 96.1 cm³/mol. The lowest BCUT2D eigenvalue weighted by Gasteiger charge is -2.41. The minimum absolute atomic E-state index is 0.0397. The Balaban J connectivity index is 1.56. The fourth-order valence-corrected chi connectivity index (χ4v) is 3.90. The van der Waals surface area contributed by atoms with Crippen molar-refractivity contribution in [2.24, 2.45) is 0 Å². The summed E-state index contributed by atoms with van der Waals surface area (Å²) in [4.78, 5) is 28.3. The third-order valence-corrected chi connectivity index (χ3v) is 5.40. The molecule has 1 aromatic carbocycles. The maximum atomic E-state index is 12.7. The maximum absolute atomic E-state index is 12.7. The number of carbonyl (C=O) groups excluding carboxylic acids is 2. The van der Waals surface area contributed by atoms with E-state index in [2.05, 4.69) is 0 Å². The molecule has 2 fully saturated rings. The maximum Gasteiger partial charge on any atom is 0.242 e. The third kappa shape index (κ3) is 4.60. The normalized spacial score (nSPS) is 19.2. The molecule has 3 rings (SSSR count). The molecule has 0 bridgehead atoms. The summed E-state index contributed by atoms with van der Waals surface area (Å²) in [6.07, 6.45) is 5.21. The lowest BCUT2D eigenvalue weighted by atomic mass is 9.99. The molecule has 2 aliphatic rings. The fourth-order valence-electron chi connectivity index (χ4n) is 3.90. The summed E-state index contributed by atoms with van der Waals surface area (Å²) in [6.45, 7) is 4.19. The SMILES string of the molecule is CC(=O)N(CCc1ccccc1)CC(=O)N1CCOC2(CCCC2)C1. The number of morpholine rings is 1. The Morgan fingerprint density at radius 3 is 2.60 bits per heavy atom. The number of rotatable bonds is 5. The molecule has 5 nitrogen and oxygen atoms in total. The van der Waals surface area contributed by atoms with E-state index in [1.807, 2.05) is 35.2 Å². The van der Waals surface area contributed by atoms with Gasteiger partial charge in [0.2, 0.25) is 11.8 Å². The van der Waals surface area contributed by atoms with Crippen molar-refractivity contribution in [3.63, 3.8) is 0 Å². The molecular weight excluding hydrogens is 316 g/mol. The zero-order chi connectivity index (χ0) is 17.7. The number of nitrogens with zero attached hydrogens (tertiary/aromatic N) is 2. The first-order valence-corrected chi connectivity index (χ1v) is 9.29. The summed E-state index contributed by atoms with van der Waals surface area (Å²) in [6, 6.07) is 10.1. The second-order valence-electron chi connectivity index (χ2n) is 7.23. The van der Waals surface area contributed by atoms with Crippen molar-refractivity contribution in [3.05, 3.63) is 35.9 Å². The van der Waals surface area contributed by atoms with Crippen LogP contribution in [0.3, 0.4) is 0 Å². The molecule has 5 heteroatoms. The first-order chi connectivity index (χ1) is 12.1. The van der Waals surface area contributed by atoms with E-state index < -0.39 is 0 Å². The van der Waals surface area contributed by atoms with Gasteiger partial charge in [-0.25, -0.2) is 0 Å². The van der Waals surface area contributed by atoms with Gasteiger partial charge in [-0.1, -0.05) is 43.2 Å². The summed E-state index contributed by atoms with van der Waals surface area (Å²) in [5.41, 5.74) is 1.05. The lowest BCUT2D eigenvalue weighted by Crippen LogP contribution is -2.54. The summed E-state index contributed by atoms with van der Waals surface area (Å²) in [7, 11) is 0. The van der Waals surface area contributed by atoms with E-state index in [4.69, 9.17) is 4.74 Å². The number of carbonyl (C=O) groups is 2. The van der Waals surface area contributed by atoms with Crippen LogP contribution >= 0.6 is 0 Å². The molecule has 1 aliphatic carbocycles. The first-order valence-electron chi connectivity index (χ1n) is 9.29. The molecule has 136 valence electrons. The molecule has 2 amide bonds. The molecule has 0 aromatic heterocycles. The van der Waals surface area contributed by atoms with Gasteiger partial charge in [0.1, 0.15) is 0 Å². The van der Waals surface area contributed by atoms with Crippen molar-refractivity contribution >= 4 is 11.8 Å². The number of ether oxygens (including phenoxy) is 1. The Bertz CT molecular complexity index is 596. The Morgan fingerprint density at radius 1 is 1.20 bits per heavy atom. The van der Waals surface area contributed by atoms with Crippen molar-refractivity contribution in [2.45, 2.75) is 44.6 Å². The molecule has 0 atom stereocenters. The van der Waals surface area contributed by atoms with E-state index >= 15 is 0 Å². The molecule has 1 aliphatic heterocycles. The monoisotopic (exact) mass is 344 g/mol. The number of hydrogen-bond donors (Lipinski definition) is 0. The van der Waals surface area contributed by atoms with Crippen LogP contribution in [-0.2, 0) is 20.7 Å². The van der Waals surface area contributed by atoms with Crippen molar-refractivity contribution in [1.29, 1.82) is 0 Å². The summed E-state index contributed by atoms with van der Waals surface area (Å²) in [5.74, 6) is -0.00837. The molecular formula is C20H28N2O3. The van der Waals surface area contributed by atoms with Crippen molar-refractivity contribution in [1.82, 2.24) is 9.80 Å². The van der Waals surface area contributed by atoms with Crippen molar-refractivity contribution < 1.29 is 14.3 Å². The molecule has 1 aromatic rings. The van der Waals surface area contributed by atoms with Crippen LogP contribution in [0.5, 0.6) is 0 Å². The van der Waals surface area contributed by atoms with Gasteiger partial charge in [0, 0.05) is 26.6 Å². The first kappa shape index (κ1) is 17.9. The van der Waals surface area contributed by atoms with Gasteiger partial charge in [0.15, 0.2) is 0 Å². The molecule has 25 heavy (non-hydrogen) atoms. The topological polar surface area (TPSA) is 49.9 Å². The van der Waals surface area contributed by atoms with Crippen LogP contribution in [0.1, 0.15) is 38.2 Å². The Morgan fingerprint density at radius 2 is 1.92 bits per heavy atom. The molecule has 0 radical (unpaired) electrons. The standard InChI is InChI=1S/C20H28N2O3/c1-17(23)21(12-9-18-7-3-2-4-8-18)15-19(24)22-13-14-25-20(16-22)10-5-6-11-20/h2-4,7-8H,5-6,9-16H2,1H3. The highest BCUT2D eigenvalue weighted by molar-refractivity contribution is 5.84. The predicted octanol–water partition coefficient (Wildman–Crippen LogP) is 2.25. The van der Waals surface area contributed by atoms with E-state index in [1.54, 1.807) is 4.90 Å². The number of hydrogen-bond acceptors (Lipinski definition) is 3. The second-order valence-corrected chi connectivity index (χ2v) is 7.23. The fraction of sp³-hybridized carbons (Fsp3) is 0.600. The molecule has 0 unspecified atom stereocenters. The molecule has 1 spiro atoms. The van der Waals surface area contributed by atoms with Gasteiger partial charge in [-0.3, -0.25) is 9.59 Å². The van der Waals surface area contributed by atoms with Crippen molar-refractivity contribution in [3.8, 4) is 0 Å². The van der Waals surface area contributed by atoms with Crippen LogP contribution in [0.2, 0.25) is 0 Å². The zero-order valence-electron chi connectivity index (χ0n) is 15.1. The Labute approximate surface area is 149 Å². The van der Waals surface area contributed by atoms with Gasteiger partial charge in [0.25, 0.3) is 0 Å².